The fourth-order valence-corrected chi connectivity index (χ4v) is 2.58. The van der Waals surface area contributed by atoms with Gasteiger partial charge in [0.2, 0.25) is 0 Å². The van der Waals surface area contributed by atoms with Crippen LogP contribution < -0.4 is 10.1 Å². The highest BCUT2D eigenvalue weighted by Crippen LogP contribution is 2.39. The van der Waals surface area contributed by atoms with E-state index in [1.165, 1.54) is 24.8 Å². The predicted octanol–water partition coefficient (Wildman–Crippen LogP) is 4.39. The Labute approximate surface area is 123 Å². The summed E-state index contributed by atoms with van der Waals surface area (Å²) in [6.45, 7) is 9.74. The van der Waals surface area contributed by atoms with Gasteiger partial charge in [-0.25, -0.2) is 0 Å². The van der Waals surface area contributed by atoms with E-state index >= 15 is 0 Å². The molecule has 0 unspecified atom stereocenters. The van der Waals surface area contributed by atoms with Gasteiger partial charge in [-0.3, -0.25) is 0 Å². The zero-order chi connectivity index (χ0) is 14.4. The first-order valence-electron chi connectivity index (χ1n) is 8.00. The lowest BCUT2D eigenvalue weighted by molar-refractivity contribution is 0.156. The van der Waals surface area contributed by atoms with Gasteiger partial charge >= 0.3 is 0 Å². The molecule has 0 spiro atoms. The molecule has 20 heavy (non-hydrogen) atoms. The van der Waals surface area contributed by atoms with Crippen LogP contribution in [0, 0.1) is 11.3 Å². The van der Waals surface area contributed by atoms with E-state index in [2.05, 4.69) is 50.4 Å². The van der Waals surface area contributed by atoms with Gasteiger partial charge in [0, 0.05) is 13.1 Å². The Bertz CT molecular complexity index is 392. The molecule has 0 aromatic heterocycles. The van der Waals surface area contributed by atoms with Crippen molar-refractivity contribution in [3.63, 3.8) is 0 Å². The standard InChI is InChI=1S/C18H29NO/c1-15(2)9-12-20-17-7-5-16(6-8-17)13-19-14-18(3)10-4-11-18/h5-8,15,19H,4,9-14H2,1-3H3. The van der Waals surface area contributed by atoms with Crippen molar-refractivity contribution >= 4 is 0 Å². The Morgan fingerprint density at radius 3 is 2.45 bits per heavy atom. The Kier molecular flexibility index (Phi) is 5.47. The molecule has 1 aliphatic rings. The lowest BCUT2D eigenvalue weighted by atomic mass is 9.70. The Hall–Kier alpha value is -1.02. The summed E-state index contributed by atoms with van der Waals surface area (Å²) < 4.78 is 5.74. The molecule has 0 heterocycles. The highest BCUT2D eigenvalue weighted by Gasteiger charge is 2.30. The number of benzene rings is 1. The predicted molar refractivity (Wildman–Crippen MR) is 85.1 cm³/mol. The maximum absolute atomic E-state index is 5.74. The first-order valence-corrected chi connectivity index (χ1v) is 8.00. The SMILES string of the molecule is CC(C)CCOc1ccc(CNCC2(C)CCC2)cc1. The van der Waals surface area contributed by atoms with Crippen LogP contribution in [-0.2, 0) is 6.54 Å². The normalized spacial score (nSPS) is 17.0. The summed E-state index contributed by atoms with van der Waals surface area (Å²) in [6.07, 6.45) is 5.27. The van der Waals surface area contributed by atoms with Gasteiger partial charge in [-0.15, -0.1) is 0 Å². The van der Waals surface area contributed by atoms with E-state index in [0.29, 0.717) is 11.3 Å². The highest BCUT2D eigenvalue weighted by molar-refractivity contribution is 5.27. The molecular weight excluding hydrogens is 246 g/mol. The molecule has 1 fully saturated rings. The van der Waals surface area contributed by atoms with E-state index in [9.17, 15) is 0 Å². The molecule has 2 rings (SSSR count). The van der Waals surface area contributed by atoms with Crippen LogP contribution in [0.25, 0.3) is 0 Å². The average Bonchev–Trinajstić information content (AvgIpc) is 2.38. The van der Waals surface area contributed by atoms with Crippen molar-refractivity contribution in [2.24, 2.45) is 11.3 Å². The molecule has 1 aromatic carbocycles. The largest absolute Gasteiger partial charge is 0.494 e. The van der Waals surface area contributed by atoms with Crippen LogP contribution in [0.2, 0.25) is 0 Å². The fourth-order valence-electron chi connectivity index (χ4n) is 2.58. The van der Waals surface area contributed by atoms with Crippen LogP contribution in [0.5, 0.6) is 5.75 Å². The van der Waals surface area contributed by atoms with Crippen molar-refractivity contribution in [1.29, 1.82) is 0 Å². The van der Waals surface area contributed by atoms with E-state index in [4.69, 9.17) is 4.74 Å². The summed E-state index contributed by atoms with van der Waals surface area (Å²) in [5.41, 5.74) is 1.89. The maximum atomic E-state index is 5.74. The zero-order valence-electron chi connectivity index (χ0n) is 13.2. The van der Waals surface area contributed by atoms with Crippen molar-refractivity contribution in [3.8, 4) is 5.75 Å². The van der Waals surface area contributed by atoms with Gasteiger partial charge in [-0.1, -0.05) is 39.3 Å². The molecule has 0 saturated heterocycles. The van der Waals surface area contributed by atoms with Crippen molar-refractivity contribution in [2.45, 2.75) is 53.0 Å². The van der Waals surface area contributed by atoms with Gasteiger partial charge in [0.15, 0.2) is 0 Å². The highest BCUT2D eigenvalue weighted by atomic mass is 16.5. The zero-order valence-corrected chi connectivity index (χ0v) is 13.2. The Morgan fingerprint density at radius 2 is 1.90 bits per heavy atom. The van der Waals surface area contributed by atoms with E-state index in [-0.39, 0.29) is 0 Å². The van der Waals surface area contributed by atoms with E-state index in [1.54, 1.807) is 0 Å². The third-order valence-corrected chi connectivity index (χ3v) is 4.33. The number of hydrogen-bond donors (Lipinski definition) is 1. The number of ether oxygens (including phenoxy) is 1. The molecule has 2 nitrogen and oxygen atoms in total. The molecular formula is C18H29NO. The molecule has 1 aromatic rings. The first kappa shape index (κ1) is 15.4. The number of nitrogens with one attached hydrogen (secondary N) is 1. The van der Waals surface area contributed by atoms with Crippen molar-refractivity contribution < 1.29 is 4.74 Å². The Balaban J connectivity index is 1.68. The van der Waals surface area contributed by atoms with Crippen molar-refractivity contribution in [1.82, 2.24) is 5.32 Å². The van der Waals surface area contributed by atoms with Gasteiger partial charge in [-0.2, -0.15) is 0 Å². The molecule has 2 heteroatoms. The van der Waals surface area contributed by atoms with Crippen LogP contribution in [0.4, 0.5) is 0 Å². The number of hydrogen-bond acceptors (Lipinski definition) is 2. The topological polar surface area (TPSA) is 21.3 Å². The van der Waals surface area contributed by atoms with E-state index < -0.39 is 0 Å². The summed E-state index contributed by atoms with van der Waals surface area (Å²) >= 11 is 0. The quantitative estimate of drug-likeness (QED) is 0.759. The molecule has 0 radical (unpaired) electrons. The molecule has 0 amide bonds. The minimum absolute atomic E-state index is 0.555. The smallest absolute Gasteiger partial charge is 0.119 e. The lowest BCUT2D eigenvalue weighted by Crippen LogP contribution is -2.36. The third kappa shape index (κ3) is 4.82. The minimum Gasteiger partial charge on any atom is -0.494 e. The van der Waals surface area contributed by atoms with Gasteiger partial charge in [0.05, 0.1) is 6.61 Å². The molecule has 112 valence electrons. The monoisotopic (exact) mass is 275 g/mol. The van der Waals surface area contributed by atoms with Crippen LogP contribution in [0.3, 0.4) is 0 Å². The second-order valence-corrected chi connectivity index (χ2v) is 6.94. The molecule has 1 N–H and O–H groups in total. The summed E-state index contributed by atoms with van der Waals surface area (Å²) in [6, 6.07) is 8.51. The molecule has 0 aliphatic heterocycles. The molecule has 0 atom stereocenters. The van der Waals surface area contributed by atoms with Gasteiger partial charge in [0.1, 0.15) is 5.75 Å². The third-order valence-electron chi connectivity index (χ3n) is 4.33. The summed E-state index contributed by atoms with van der Waals surface area (Å²) in [7, 11) is 0. The fraction of sp³-hybridized carbons (Fsp3) is 0.667. The summed E-state index contributed by atoms with van der Waals surface area (Å²) in [5.74, 6) is 1.69. The van der Waals surface area contributed by atoms with Crippen LogP contribution in [0.1, 0.15) is 52.0 Å². The van der Waals surface area contributed by atoms with Crippen LogP contribution >= 0.6 is 0 Å². The van der Waals surface area contributed by atoms with Crippen LogP contribution in [0.15, 0.2) is 24.3 Å². The first-order chi connectivity index (χ1) is 9.57. The molecule has 1 saturated carbocycles. The molecule has 0 bridgehead atoms. The lowest BCUT2D eigenvalue weighted by Gasteiger charge is -2.38. The van der Waals surface area contributed by atoms with Gasteiger partial charge < -0.3 is 10.1 Å². The van der Waals surface area contributed by atoms with Gasteiger partial charge in [-0.05, 0) is 48.3 Å². The van der Waals surface area contributed by atoms with Crippen molar-refractivity contribution in [2.75, 3.05) is 13.2 Å². The van der Waals surface area contributed by atoms with E-state index in [1.807, 2.05) is 0 Å². The Morgan fingerprint density at radius 1 is 1.20 bits per heavy atom. The second kappa shape index (κ2) is 7.12. The minimum atomic E-state index is 0.555. The second-order valence-electron chi connectivity index (χ2n) is 6.94. The summed E-state index contributed by atoms with van der Waals surface area (Å²) in [5, 5.41) is 3.58. The van der Waals surface area contributed by atoms with Crippen LogP contribution in [-0.4, -0.2) is 13.2 Å². The summed E-state index contributed by atoms with van der Waals surface area (Å²) in [4.78, 5) is 0. The molecule has 1 aliphatic carbocycles. The average molecular weight is 275 g/mol. The number of rotatable bonds is 8. The van der Waals surface area contributed by atoms with Gasteiger partial charge in [0.25, 0.3) is 0 Å². The van der Waals surface area contributed by atoms with E-state index in [0.717, 1.165) is 31.9 Å². The maximum Gasteiger partial charge on any atom is 0.119 e. The van der Waals surface area contributed by atoms with Crippen molar-refractivity contribution in [3.05, 3.63) is 29.8 Å².